The Labute approximate surface area is 123 Å². The summed E-state index contributed by atoms with van der Waals surface area (Å²) in [6.45, 7) is 13.9. The van der Waals surface area contributed by atoms with Crippen LogP contribution in [0.15, 0.2) is 11.6 Å². The van der Waals surface area contributed by atoms with Crippen LogP contribution in [0.4, 0.5) is 4.79 Å². The highest BCUT2D eigenvalue weighted by Crippen LogP contribution is 2.06. The number of hydrogen-bond donors (Lipinski definition) is 1. The second-order valence-corrected chi connectivity index (χ2v) is 6.10. The minimum absolute atomic E-state index is 0.150. The van der Waals surface area contributed by atoms with Crippen molar-refractivity contribution in [3.05, 3.63) is 11.6 Å². The molecule has 116 valence electrons. The highest BCUT2D eigenvalue weighted by Gasteiger charge is 2.25. The molecule has 4 heteroatoms. The maximum absolute atomic E-state index is 11.6. The van der Waals surface area contributed by atoms with Gasteiger partial charge in [-0.1, -0.05) is 18.6 Å². The average Bonchev–Trinajstić information content (AvgIpc) is 2.39. The molecule has 1 amide bonds. The number of piperazine rings is 1. The number of nitrogens with one attached hydrogen (secondary N) is 1. The van der Waals surface area contributed by atoms with Gasteiger partial charge in [0.15, 0.2) is 0 Å². The van der Waals surface area contributed by atoms with E-state index in [1.54, 1.807) is 4.90 Å². The minimum atomic E-state index is -0.150. The summed E-state index contributed by atoms with van der Waals surface area (Å²) in [5.74, 6) is 0.745. The van der Waals surface area contributed by atoms with E-state index >= 15 is 0 Å². The van der Waals surface area contributed by atoms with Crippen LogP contribution in [-0.2, 0) is 4.74 Å². The Morgan fingerprint density at radius 1 is 1.35 bits per heavy atom. The molecule has 0 radical (unpaired) electrons. The molecule has 1 heterocycles. The van der Waals surface area contributed by atoms with E-state index in [1.807, 2.05) is 11.8 Å². The van der Waals surface area contributed by atoms with Gasteiger partial charge in [-0.25, -0.2) is 4.79 Å². The lowest BCUT2D eigenvalue weighted by atomic mass is 10.0. The number of ether oxygens (including phenoxy) is 1. The van der Waals surface area contributed by atoms with Gasteiger partial charge in [0.2, 0.25) is 0 Å². The molecule has 4 nitrogen and oxygen atoms in total. The minimum Gasteiger partial charge on any atom is -0.450 e. The van der Waals surface area contributed by atoms with E-state index in [-0.39, 0.29) is 6.09 Å². The van der Waals surface area contributed by atoms with Gasteiger partial charge < -0.3 is 9.64 Å². The van der Waals surface area contributed by atoms with Crippen molar-refractivity contribution in [2.75, 3.05) is 39.3 Å². The summed E-state index contributed by atoms with van der Waals surface area (Å²) in [5, 5.41) is 0. The molecule has 1 aliphatic heterocycles. The highest BCUT2D eigenvalue weighted by molar-refractivity contribution is 5.67. The molecule has 1 N–H and O–H groups in total. The van der Waals surface area contributed by atoms with Gasteiger partial charge >= 0.3 is 6.09 Å². The van der Waals surface area contributed by atoms with Crippen LogP contribution in [0.2, 0.25) is 0 Å². The second-order valence-electron chi connectivity index (χ2n) is 6.10. The number of amides is 1. The molecule has 0 aromatic carbocycles. The predicted molar refractivity (Wildman–Crippen MR) is 82.0 cm³/mol. The van der Waals surface area contributed by atoms with Crippen LogP contribution < -0.4 is 4.90 Å². The third-order valence-corrected chi connectivity index (χ3v) is 3.85. The van der Waals surface area contributed by atoms with E-state index in [0.717, 1.165) is 32.1 Å². The summed E-state index contributed by atoms with van der Waals surface area (Å²) in [4.78, 5) is 15.1. The van der Waals surface area contributed by atoms with Crippen molar-refractivity contribution < 1.29 is 14.4 Å². The van der Waals surface area contributed by atoms with E-state index in [4.69, 9.17) is 4.74 Å². The van der Waals surface area contributed by atoms with Gasteiger partial charge in [-0.2, -0.15) is 0 Å². The molecule has 0 bridgehead atoms. The molecule has 0 aromatic heterocycles. The fraction of sp³-hybridized carbons (Fsp3) is 0.812. The Morgan fingerprint density at radius 2 is 2.00 bits per heavy atom. The molecule has 1 fully saturated rings. The normalized spacial score (nSPS) is 17.7. The van der Waals surface area contributed by atoms with Crippen molar-refractivity contribution in [1.82, 2.24) is 4.90 Å². The zero-order chi connectivity index (χ0) is 15.0. The monoisotopic (exact) mass is 283 g/mol. The predicted octanol–water partition coefficient (Wildman–Crippen LogP) is 1.73. The number of allylic oxidation sites excluding steroid dienone is 2. The van der Waals surface area contributed by atoms with Gasteiger partial charge in [0.05, 0.1) is 39.3 Å². The molecule has 1 atom stereocenters. The summed E-state index contributed by atoms with van der Waals surface area (Å²) in [6, 6.07) is 0. The zero-order valence-corrected chi connectivity index (χ0v) is 13.6. The van der Waals surface area contributed by atoms with E-state index in [2.05, 4.69) is 26.8 Å². The summed E-state index contributed by atoms with van der Waals surface area (Å²) in [7, 11) is 0. The topological polar surface area (TPSA) is 34.0 Å². The van der Waals surface area contributed by atoms with Crippen LogP contribution in [-0.4, -0.2) is 50.3 Å². The Bertz CT molecular complexity index is 316. The first kappa shape index (κ1) is 17.0. The maximum atomic E-state index is 11.6. The van der Waals surface area contributed by atoms with Crippen LogP contribution in [0, 0.1) is 5.92 Å². The number of quaternary nitrogens is 1. The molecule has 20 heavy (non-hydrogen) atoms. The third-order valence-electron chi connectivity index (χ3n) is 3.85. The first-order valence-electron chi connectivity index (χ1n) is 7.91. The molecular formula is C16H31N2O2+. The Kier molecular flexibility index (Phi) is 7.67. The number of carbonyl (C=O) groups excluding carboxylic acids is 1. The Hall–Kier alpha value is -1.03. The van der Waals surface area contributed by atoms with Gasteiger partial charge in [-0.3, -0.25) is 4.90 Å². The van der Waals surface area contributed by atoms with Crippen molar-refractivity contribution in [3.8, 4) is 0 Å². The first-order chi connectivity index (χ1) is 9.52. The Balaban J connectivity index is 2.21. The SMILES string of the molecule is CCOC(=O)N1CC[NH+](C[C@H](C)CCC=C(C)C)CC1. The van der Waals surface area contributed by atoms with Crippen LogP contribution in [0.3, 0.4) is 0 Å². The molecule has 0 aromatic rings. The van der Waals surface area contributed by atoms with Gasteiger partial charge in [-0.15, -0.1) is 0 Å². The van der Waals surface area contributed by atoms with Crippen molar-refractivity contribution >= 4 is 6.09 Å². The number of nitrogens with zero attached hydrogens (tertiary/aromatic N) is 1. The maximum Gasteiger partial charge on any atom is 0.410 e. The average molecular weight is 283 g/mol. The van der Waals surface area contributed by atoms with Crippen molar-refractivity contribution in [1.29, 1.82) is 0 Å². The second kappa shape index (κ2) is 9.01. The lowest BCUT2D eigenvalue weighted by Crippen LogP contribution is -3.15. The molecule has 0 unspecified atom stereocenters. The first-order valence-corrected chi connectivity index (χ1v) is 7.91. The van der Waals surface area contributed by atoms with E-state index in [0.29, 0.717) is 6.61 Å². The fourth-order valence-electron chi connectivity index (χ4n) is 2.68. The summed E-state index contributed by atoms with van der Waals surface area (Å²) < 4.78 is 5.04. The standard InChI is InChI=1S/C16H30N2O2/c1-5-20-16(19)18-11-9-17(10-12-18)13-15(4)8-6-7-14(2)3/h7,15H,5-6,8-13H2,1-4H3/p+1/t15-/m1/s1. The molecule has 0 saturated carbocycles. The van der Waals surface area contributed by atoms with Gasteiger partial charge in [0.25, 0.3) is 0 Å². The number of rotatable bonds is 6. The van der Waals surface area contributed by atoms with Crippen molar-refractivity contribution in [2.24, 2.45) is 5.92 Å². The third kappa shape index (κ3) is 6.42. The molecule has 1 rings (SSSR count). The van der Waals surface area contributed by atoms with E-state index < -0.39 is 0 Å². The van der Waals surface area contributed by atoms with Crippen molar-refractivity contribution in [3.63, 3.8) is 0 Å². The van der Waals surface area contributed by atoms with Crippen LogP contribution in [0.1, 0.15) is 40.5 Å². The summed E-state index contributed by atoms with van der Waals surface area (Å²) in [6.07, 6.45) is 4.62. The van der Waals surface area contributed by atoms with Gasteiger partial charge in [0.1, 0.15) is 0 Å². The number of hydrogen-bond acceptors (Lipinski definition) is 2. The van der Waals surface area contributed by atoms with Crippen LogP contribution >= 0.6 is 0 Å². The smallest absolute Gasteiger partial charge is 0.410 e. The highest BCUT2D eigenvalue weighted by atomic mass is 16.6. The fourth-order valence-corrected chi connectivity index (χ4v) is 2.68. The van der Waals surface area contributed by atoms with E-state index in [1.165, 1.54) is 25.0 Å². The van der Waals surface area contributed by atoms with Crippen LogP contribution in [0.25, 0.3) is 0 Å². The van der Waals surface area contributed by atoms with Gasteiger partial charge in [-0.05, 0) is 33.6 Å². The molecule has 0 spiro atoms. The molecule has 1 saturated heterocycles. The zero-order valence-electron chi connectivity index (χ0n) is 13.6. The largest absolute Gasteiger partial charge is 0.450 e. The summed E-state index contributed by atoms with van der Waals surface area (Å²) >= 11 is 0. The molecular weight excluding hydrogens is 252 g/mol. The molecule has 1 aliphatic rings. The summed E-state index contributed by atoms with van der Waals surface area (Å²) in [5.41, 5.74) is 1.41. The molecule has 0 aliphatic carbocycles. The van der Waals surface area contributed by atoms with E-state index in [9.17, 15) is 4.79 Å². The Morgan fingerprint density at radius 3 is 2.55 bits per heavy atom. The quantitative estimate of drug-likeness (QED) is 0.753. The van der Waals surface area contributed by atoms with Crippen molar-refractivity contribution in [2.45, 2.75) is 40.5 Å². The lowest BCUT2D eigenvalue weighted by Gasteiger charge is -2.32. The van der Waals surface area contributed by atoms with Crippen LogP contribution in [0.5, 0.6) is 0 Å². The van der Waals surface area contributed by atoms with Gasteiger partial charge in [0, 0.05) is 5.92 Å². The lowest BCUT2D eigenvalue weighted by molar-refractivity contribution is -0.907. The number of carbonyl (C=O) groups is 1.